The van der Waals surface area contributed by atoms with Crippen LogP contribution in [0, 0.1) is 0 Å². The minimum atomic E-state index is -0.528. The number of amides is 1. The number of hydrogen-bond donors (Lipinski definition) is 2. The summed E-state index contributed by atoms with van der Waals surface area (Å²) in [6.07, 6.45) is 2.74. The molecule has 0 aliphatic rings. The highest BCUT2D eigenvalue weighted by molar-refractivity contribution is 5.94. The van der Waals surface area contributed by atoms with Crippen LogP contribution < -0.4 is 20.6 Å². The van der Waals surface area contributed by atoms with Crippen molar-refractivity contribution in [3.8, 4) is 17.3 Å². The first-order valence-electron chi connectivity index (χ1n) is 10.8. The van der Waals surface area contributed by atoms with Crippen LogP contribution in [0.1, 0.15) is 40.7 Å². The fourth-order valence-electron chi connectivity index (χ4n) is 3.29. The molecule has 0 spiro atoms. The van der Waals surface area contributed by atoms with Crippen LogP contribution >= 0.6 is 0 Å². The van der Waals surface area contributed by atoms with Gasteiger partial charge in [0.15, 0.2) is 17.2 Å². The topological polar surface area (TPSA) is 156 Å². The first-order valence-corrected chi connectivity index (χ1v) is 10.8. The number of hydrogen-bond acceptors (Lipinski definition) is 10. The third-order valence-electron chi connectivity index (χ3n) is 4.97. The van der Waals surface area contributed by atoms with Crippen LogP contribution in [0.5, 0.6) is 11.5 Å². The van der Waals surface area contributed by atoms with Gasteiger partial charge in [0.1, 0.15) is 6.61 Å². The summed E-state index contributed by atoms with van der Waals surface area (Å²) in [4.78, 5) is 12.7. The minimum absolute atomic E-state index is 0.0435. The first kappa shape index (κ1) is 23.4. The van der Waals surface area contributed by atoms with E-state index in [-0.39, 0.29) is 17.3 Å². The van der Waals surface area contributed by atoms with Crippen LogP contribution in [-0.4, -0.2) is 44.5 Å². The van der Waals surface area contributed by atoms with Gasteiger partial charge in [0.05, 0.1) is 19.0 Å². The summed E-state index contributed by atoms with van der Waals surface area (Å²) in [5.41, 5.74) is 10.6. The van der Waals surface area contributed by atoms with Crippen molar-refractivity contribution in [3.63, 3.8) is 0 Å². The summed E-state index contributed by atoms with van der Waals surface area (Å²) in [5, 5.41) is 19.3. The molecule has 4 aromatic rings. The third-order valence-corrected chi connectivity index (χ3v) is 4.97. The van der Waals surface area contributed by atoms with E-state index in [0.29, 0.717) is 35.8 Å². The molecule has 1 amide bonds. The number of nitrogen functional groups attached to an aromatic ring is 1. The lowest BCUT2D eigenvalue weighted by Gasteiger charge is -2.11. The third kappa shape index (κ3) is 5.43. The van der Waals surface area contributed by atoms with Crippen molar-refractivity contribution < 1.29 is 18.9 Å². The molecule has 0 aliphatic carbocycles. The molecule has 4 rings (SSSR count). The number of aromatic nitrogens is 5. The Balaban J connectivity index is 1.47. The molecule has 12 heteroatoms. The van der Waals surface area contributed by atoms with Gasteiger partial charge < -0.3 is 15.2 Å². The zero-order valence-electron chi connectivity index (χ0n) is 19.2. The van der Waals surface area contributed by atoms with Gasteiger partial charge in [0.25, 0.3) is 5.91 Å². The van der Waals surface area contributed by atoms with Gasteiger partial charge in [-0.15, -0.1) is 5.10 Å². The Kier molecular flexibility index (Phi) is 7.31. The largest absolute Gasteiger partial charge is 0.493 e. The average Bonchev–Trinajstić information content (AvgIpc) is 3.49. The van der Waals surface area contributed by atoms with Gasteiger partial charge in [-0.05, 0) is 46.1 Å². The SMILES string of the molecule is CCCc1c(C(=O)N/N=C\c2ccc(OC)c(OCc3ccccc3)c2)nnn1-c1nonc1N. The van der Waals surface area contributed by atoms with E-state index in [4.69, 9.17) is 15.2 Å². The number of nitrogens with one attached hydrogen (secondary N) is 1. The molecule has 0 atom stereocenters. The highest BCUT2D eigenvalue weighted by atomic mass is 16.6. The molecular weight excluding hydrogens is 452 g/mol. The smallest absolute Gasteiger partial charge is 0.293 e. The molecule has 0 radical (unpaired) electrons. The van der Waals surface area contributed by atoms with Crippen LogP contribution in [0.25, 0.3) is 5.82 Å². The Labute approximate surface area is 200 Å². The van der Waals surface area contributed by atoms with Crippen LogP contribution in [0.15, 0.2) is 58.3 Å². The molecular formula is C23H24N8O4. The number of nitrogens with zero attached hydrogens (tertiary/aromatic N) is 6. The monoisotopic (exact) mass is 476 g/mol. The summed E-state index contributed by atoms with van der Waals surface area (Å²) in [7, 11) is 1.57. The van der Waals surface area contributed by atoms with Gasteiger partial charge >= 0.3 is 0 Å². The standard InChI is InChI=1S/C23H24N8O4/c1-3-7-17-20(26-30-31(17)22-21(24)28-35-29-22)23(32)27-25-13-16-10-11-18(33-2)19(12-16)34-14-15-8-5-4-6-9-15/h4-6,8-13H,3,7,14H2,1-2H3,(H2,24,28)(H,27,32)/b25-13-. The van der Waals surface area contributed by atoms with Crippen molar-refractivity contribution in [1.82, 2.24) is 30.7 Å². The molecule has 2 heterocycles. The summed E-state index contributed by atoms with van der Waals surface area (Å²) in [6, 6.07) is 15.1. The van der Waals surface area contributed by atoms with E-state index in [1.807, 2.05) is 37.3 Å². The quantitative estimate of drug-likeness (QED) is 0.259. The van der Waals surface area contributed by atoms with E-state index in [2.05, 4.69) is 35.8 Å². The molecule has 35 heavy (non-hydrogen) atoms. The number of ether oxygens (including phenoxy) is 2. The second-order valence-electron chi connectivity index (χ2n) is 7.40. The maximum Gasteiger partial charge on any atom is 0.293 e. The number of hydrazone groups is 1. The van der Waals surface area contributed by atoms with Gasteiger partial charge in [0, 0.05) is 0 Å². The van der Waals surface area contributed by atoms with Crippen molar-refractivity contribution >= 4 is 17.9 Å². The van der Waals surface area contributed by atoms with Crippen LogP contribution in [0.4, 0.5) is 5.82 Å². The van der Waals surface area contributed by atoms with E-state index in [0.717, 1.165) is 12.0 Å². The van der Waals surface area contributed by atoms with Crippen molar-refractivity contribution in [2.24, 2.45) is 5.10 Å². The normalized spacial score (nSPS) is 11.0. The molecule has 0 unspecified atom stereocenters. The van der Waals surface area contributed by atoms with Crippen LogP contribution in [-0.2, 0) is 13.0 Å². The number of carbonyl (C=O) groups excluding carboxylic acids is 1. The number of rotatable bonds is 10. The van der Waals surface area contributed by atoms with Crippen LogP contribution in [0.2, 0.25) is 0 Å². The minimum Gasteiger partial charge on any atom is -0.493 e. The molecule has 0 aliphatic heterocycles. The molecule has 0 bridgehead atoms. The Morgan fingerprint density at radius 3 is 2.74 bits per heavy atom. The van der Waals surface area contributed by atoms with Gasteiger partial charge in [-0.2, -0.15) is 9.78 Å². The van der Waals surface area contributed by atoms with E-state index in [1.54, 1.807) is 25.3 Å². The zero-order valence-corrected chi connectivity index (χ0v) is 19.2. The van der Waals surface area contributed by atoms with E-state index in [9.17, 15) is 4.79 Å². The Morgan fingerprint density at radius 2 is 2.03 bits per heavy atom. The summed E-state index contributed by atoms with van der Waals surface area (Å²) < 4.78 is 17.3. The van der Waals surface area contributed by atoms with Crippen molar-refractivity contribution in [2.75, 3.05) is 12.8 Å². The molecule has 3 N–H and O–H groups in total. The highest BCUT2D eigenvalue weighted by Crippen LogP contribution is 2.28. The molecule has 180 valence electrons. The molecule has 12 nitrogen and oxygen atoms in total. The molecule has 0 saturated carbocycles. The maximum absolute atomic E-state index is 12.7. The van der Waals surface area contributed by atoms with Crippen LogP contribution in [0.3, 0.4) is 0 Å². The van der Waals surface area contributed by atoms with Crippen molar-refractivity contribution in [3.05, 3.63) is 71.0 Å². The van der Waals surface area contributed by atoms with Gasteiger partial charge in [0.2, 0.25) is 11.6 Å². The Hall–Kier alpha value is -4.74. The predicted molar refractivity (Wildman–Crippen MR) is 126 cm³/mol. The number of carbonyl (C=O) groups is 1. The van der Waals surface area contributed by atoms with E-state index < -0.39 is 5.91 Å². The zero-order chi connectivity index (χ0) is 24.6. The number of benzene rings is 2. The lowest BCUT2D eigenvalue weighted by molar-refractivity contribution is 0.0949. The predicted octanol–water partition coefficient (Wildman–Crippen LogP) is 2.54. The molecule has 2 aromatic heterocycles. The number of nitrogens with two attached hydrogens (primary N) is 1. The second kappa shape index (κ2) is 10.9. The maximum atomic E-state index is 12.7. The lowest BCUT2D eigenvalue weighted by atomic mass is 10.2. The average molecular weight is 476 g/mol. The van der Waals surface area contributed by atoms with E-state index in [1.165, 1.54) is 10.9 Å². The Morgan fingerprint density at radius 1 is 1.20 bits per heavy atom. The van der Waals surface area contributed by atoms with Crippen molar-refractivity contribution in [2.45, 2.75) is 26.4 Å². The van der Waals surface area contributed by atoms with Gasteiger partial charge in [-0.1, -0.05) is 48.9 Å². The molecule has 2 aromatic carbocycles. The fraction of sp³-hybridized carbons (Fsp3) is 0.217. The first-order chi connectivity index (χ1) is 17.1. The number of methoxy groups -OCH3 is 1. The van der Waals surface area contributed by atoms with Crippen molar-refractivity contribution in [1.29, 1.82) is 0 Å². The highest BCUT2D eigenvalue weighted by Gasteiger charge is 2.23. The summed E-state index contributed by atoms with van der Waals surface area (Å²) >= 11 is 0. The fourth-order valence-corrected chi connectivity index (χ4v) is 3.29. The molecule has 0 fully saturated rings. The van der Waals surface area contributed by atoms with E-state index >= 15 is 0 Å². The summed E-state index contributed by atoms with van der Waals surface area (Å²) in [5.74, 6) is 0.829. The second-order valence-corrected chi connectivity index (χ2v) is 7.40. The Bertz CT molecular complexity index is 1320. The summed E-state index contributed by atoms with van der Waals surface area (Å²) in [6.45, 7) is 2.35. The van der Waals surface area contributed by atoms with Gasteiger partial charge in [-0.3, -0.25) is 4.79 Å². The number of anilines is 1. The molecule has 0 saturated heterocycles. The van der Waals surface area contributed by atoms with Gasteiger partial charge in [-0.25, -0.2) is 10.1 Å². The lowest BCUT2D eigenvalue weighted by Crippen LogP contribution is -2.20.